The van der Waals surface area contributed by atoms with E-state index in [1.807, 2.05) is 0 Å². The summed E-state index contributed by atoms with van der Waals surface area (Å²) < 4.78 is 0. The Morgan fingerprint density at radius 2 is 1.83 bits per heavy atom. The van der Waals surface area contributed by atoms with Crippen molar-refractivity contribution in [3.8, 4) is 0 Å². The predicted molar refractivity (Wildman–Crippen MR) is 79.6 cm³/mol. The van der Waals surface area contributed by atoms with Crippen molar-refractivity contribution in [3.63, 3.8) is 0 Å². The smallest absolute Gasteiger partial charge is 0.0396 e. The van der Waals surface area contributed by atoms with Gasteiger partial charge in [0.2, 0.25) is 0 Å². The van der Waals surface area contributed by atoms with Crippen LogP contribution in [-0.2, 0) is 0 Å². The zero-order valence-electron chi connectivity index (χ0n) is 12.2. The molecule has 0 bridgehead atoms. The minimum Gasteiger partial charge on any atom is -0.373 e. The van der Waals surface area contributed by atoms with Gasteiger partial charge in [0.1, 0.15) is 0 Å². The largest absolute Gasteiger partial charge is 0.373 e. The Bertz CT molecular complexity index is 406. The number of piperidine rings is 1. The first-order valence-corrected chi connectivity index (χ1v) is 7.10. The van der Waals surface area contributed by atoms with Gasteiger partial charge in [0.15, 0.2) is 0 Å². The standard InChI is InChI=1S/C16H26N2/c1-12-9-14(3)16(10-13(12)2)18(4)11-15-7-5-6-8-17-15/h9-10,15,17H,5-8,11H2,1-4H3. The van der Waals surface area contributed by atoms with E-state index in [-0.39, 0.29) is 0 Å². The van der Waals surface area contributed by atoms with Crippen LogP contribution in [0.5, 0.6) is 0 Å². The first-order valence-electron chi connectivity index (χ1n) is 7.10. The number of nitrogens with one attached hydrogen (secondary N) is 1. The quantitative estimate of drug-likeness (QED) is 0.881. The summed E-state index contributed by atoms with van der Waals surface area (Å²) in [4.78, 5) is 2.41. The highest BCUT2D eigenvalue weighted by atomic mass is 15.1. The molecule has 0 saturated carbocycles. The normalized spacial score (nSPS) is 19.9. The molecule has 0 aromatic heterocycles. The molecule has 1 aliphatic heterocycles. The first kappa shape index (κ1) is 13.4. The number of nitrogens with zero attached hydrogens (tertiary/aromatic N) is 1. The van der Waals surface area contributed by atoms with Crippen molar-refractivity contribution in [2.24, 2.45) is 0 Å². The summed E-state index contributed by atoms with van der Waals surface area (Å²) in [6.07, 6.45) is 4.02. The number of hydrogen-bond donors (Lipinski definition) is 1. The van der Waals surface area contributed by atoms with Crippen LogP contribution >= 0.6 is 0 Å². The van der Waals surface area contributed by atoms with Crippen LogP contribution in [0.2, 0.25) is 0 Å². The lowest BCUT2D eigenvalue weighted by atomic mass is 10.0. The predicted octanol–water partition coefficient (Wildman–Crippen LogP) is 3.19. The Labute approximate surface area is 111 Å². The van der Waals surface area contributed by atoms with E-state index in [9.17, 15) is 0 Å². The van der Waals surface area contributed by atoms with Gasteiger partial charge in [-0.1, -0.05) is 12.5 Å². The van der Waals surface area contributed by atoms with Crippen LogP contribution in [0.1, 0.15) is 36.0 Å². The molecule has 2 rings (SSSR count). The minimum atomic E-state index is 0.657. The van der Waals surface area contributed by atoms with Gasteiger partial charge in [-0.05, 0) is 62.9 Å². The van der Waals surface area contributed by atoms with Gasteiger partial charge >= 0.3 is 0 Å². The average molecular weight is 246 g/mol. The van der Waals surface area contributed by atoms with Gasteiger partial charge in [-0.3, -0.25) is 0 Å². The molecule has 1 N–H and O–H groups in total. The van der Waals surface area contributed by atoms with E-state index in [0.29, 0.717) is 6.04 Å². The van der Waals surface area contributed by atoms with Crippen molar-refractivity contribution in [1.29, 1.82) is 0 Å². The fourth-order valence-electron chi connectivity index (χ4n) is 2.87. The molecule has 1 aliphatic rings. The van der Waals surface area contributed by atoms with E-state index < -0.39 is 0 Å². The fourth-order valence-corrected chi connectivity index (χ4v) is 2.87. The second-order valence-electron chi connectivity index (χ2n) is 5.75. The maximum atomic E-state index is 3.62. The molecular formula is C16H26N2. The molecule has 1 aromatic carbocycles. The molecule has 0 amide bonds. The topological polar surface area (TPSA) is 15.3 Å². The molecule has 2 heteroatoms. The SMILES string of the molecule is Cc1cc(C)c(N(C)CC2CCCCN2)cc1C. The van der Waals surface area contributed by atoms with Gasteiger partial charge in [0.05, 0.1) is 0 Å². The summed E-state index contributed by atoms with van der Waals surface area (Å²) >= 11 is 0. The number of likely N-dealkylation sites (N-methyl/N-ethyl adjacent to an activating group) is 1. The zero-order valence-corrected chi connectivity index (χ0v) is 12.2. The van der Waals surface area contributed by atoms with E-state index in [1.165, 1.54) is 48.2 Å². The van der Waals surface area contributed by atoms with Gasteiger partial charge in [-0.2, -0.15) is 0 Å². The Kier molecular flexibility index (Phi) is 4.28. The monoisotopic (exact) mass is 246 g/mol. The van der Waals surface area contributed by atoms with Gasteiger partial charge < -0.3 is 10.2 Å². The van der Waals surface area contributed by atoms with Gasteiger partial charge in [-0.25, -0.2) is 0 Å². The molecule has 0 aliphatic carbocycles. The van der Waals surface area contributed by atoms with Crippen molar-refractivity contribution in [2.45, 2.75) is 46.1 Å². The number of hydrogen-bond acceptors (Lipinski definition) is 2. The molecule has 1 aromatic rings. The van der Waals surface area contributed by atoms with Crippen molar-refractivity contribution in [2.75, 3.05) is 25.0 Å². The molecule has 0 radical (unpaired) electrons. The summed E-state index contributed by atoms with van der Waals surface area (Å²) in [5, 5.41) is 3.62. The zero-order chi connectivity index (χ0) is 13.1. The van der Waals surface area contributed by atoms with E-state index in [4.69, 9.17) is 0 Å². The Balaban J connectivity index is 2.08. The fraction of sp³-hybridized carbons (Fsp3) is 0.625. The first-order chi connectivity index (χ1) is 8.58. The summed E-state index contributed by atoms with van der Waals surface area (Å²) in [7, 11) is 2.22. The molecule has 18 heavy (non-hydrogen) atoms. The minimum absolute atomic E-state index is 0.657. The number of rotatable bonds is 3. The maximum absolute atomic E-state index is 3.62. The highest BCUT2D eigenvalue weighted by Crippen LogP contribution is 2.24. The third kappa shape index (κ3) is 3.05. The lowest BCUT2D eigenvalue weighted by Gasteiger charge is -2.30. The van der Waals surface area contributed by atoms with Crippen LogP contribution in [0.4, 0.5) is 5.69 Å². The van der Waals surface area contributed by atoms with Crippen molar-refractivity contribution < 1.29 is 0 Å². The molecule has 1 fully saturated rings. The van der Waals surface area contributed by atoms with Crippen molar-refractivity contribution in [3.05, 3.63) is 28.8 Å². The average Bonchev–Trinajstić information content (AvgIpc) is 2.35. The third-order valence-corrected chi connectivity index (χ3v) is 4.13. The van der Waals surface area contributed by atoms with E-state index >= 15 is 0 Å². The van der Waals surface area contributed by atoms with Crippen LogP contribution in [0, 0.1) is 20.8 Å². The highest BCUT2D eigenvalue weighted by Gasteiger charge is 2.16. The van der Waals surface area contributed by atoms with E-state index in [1.54, 1.807) is 0 Å². The number of benzene rings is 1. The summed E-state index contributed by atoms with van der Waals surface area (Å²) in [6.45, 7) is 8.90. The van der Waals surface area contributed by atoms with Crippen LogP contribution in [0.15, 0.2) is 12.1 Å². The summed E-state index contributed by atoms with van der Waals surface area (Å²) in [5.74, 6) is 0. The lowest BCUT2D eigenvalue weighted by Crippen LogP contribution is -2.42. The molecule has 1 saturated heterocycles. The van der Waals surface area contributed by atoms with E-state index in [0.717, 1.165) is 6.54 Å². The van der Waals surface area contributed by atoms with Gasteiger partial charge in [-0.15, -0.1) is 0 Å². The summed E-state index contributed by atoms with van der Waals surface area (Å²) in [5.41, 5.74) is 5.54. The third-order valence-electron chi connectivity index (χ3n) is 4.13. The highest BCUT2D eigenvalue weighted by molar-refractivity contribution is 5.56. The van der Waals surface area contributed by atoms with Crippen LogP contribution in [0.3, 0.4) is 0 Å². The molecule has 100 valence electrons. The lowest BCUT2D eigenvalue weighted by molar-refractivity contribution is 0.403. The second-order valence-corrected chi connectivity index (χ2v) is 5.75. The van der Waals surface area contributed by atoms with Crippen molar-refractivity contribution >= 4 is 5.69 Å². The molecule has 0 spiro atoms. The van der Waals surface area contributed by atoms with Gasteiger partial charge in [0.25, 0.3) is 0 Å². The second kappa shape index (κ2) is 5.75. The van der Waals surface area contributed by atoms with Crippen LogP contribution < -0.4 is 10.2 Å². The summed E-state index contributed by atoms with van der Waals surface area (Å²) in [6, 6.07) is 5.29. The van der Waals surface area contributed by atoms with Gasteiger partial charge in [0, 0.05) is 25.3 Å². The Morgan fingerprint density at radius 3 is 2.50 bits per heavy atom. The molecule has 2 nitrogen and oxygen atoms in total. The van der Waals surface area contributed by atoms with Crippen molar-refractivity contribution in [1.82, 2.24) is 5.32 Å². The molecule has 1 heterocycles. The number of aryl methyl sites for hydroxylation is 3. The van der Waals surface area contributed by atoms with E-state index in [2.05, 4.69) is 50.2 Å². The van der Waals surface area contributed by atoms with Crippen LogP contribution in [-0.4, -0.2) is 26.2 Å². The molecule has 1 unspecified atom stereocenters. The maximum Gasteiger partial charge on any atom is 0.0396 e. The molecule has 1 atom stereocenters. The number of anilines is 1. The Morgan fingerprint density at radius 1 is 1.11 bits per heavy atom. The Hall–Kier alpha value is -1.02. The van der Waals surface area contributed by atoms with Crippen LogP contribution in [0.25, 0.3) is 0 Å². The molecular weight excluding hydrogens is 220 g/mol.